The summed E-state index contributed by atoms with van der Waals surface area (Å²) in [6.07, 6.45) is 10.4. The molecule has 6 aliphatic rings. The summed E-state index contributed by atoms with van der Waals surface area (Å²) >= 11 is 0. The number of pyridine rings is 1. The van der Waals surface area contributed by atoms with Gasteiger partial charge in [0.05, 0.1) is 23.9 Å². The molecule has 7 nitrogen and oxygen atoms in total. The van der Waals surface area contributed by atoms with Crippen LogP contribution >= 0.6 is 0 Å². The molecule has 39 heavy (non-hydrogen) atoms. The largest absolute Gasteiger partial charge is 0.392 e. The quantitative estimate of drug-likeness (QED) is 0.473. The molecule has 206 valence electrons. The number of aliphatic hydroxyl groups is 4. The van der Waals surface area contributed by atoms with Gasteiger partial charge in [-0.3, -0.25) is 9.88 Å². The van der Waals surface area contributed by atoms with E-state index in [1.54, 1.807) is 0 Å². The highest BCUT2D eigenvalue weighted by atomic mass is 16.5. The average Bonchev–Trinajstić information content (AvgIpc) is 3.54. The molecule has 3 aliphatic carbocycles. The fourth-order valence-electron chi connectivity index (χ4n) is 9.77. The van der Waals surface area contributed by atoms with E-state index in [1.165, 1.54) is 11.1 Å². The lowest BCUT2D eigenvalue weighted by molar-refractivity contribution is -0.185. The van der Waals surface area contributed by atoms with Crippen LogP contribution in [-0.2, 0) is 4.74 Å². The van der Waals surface area contributed by atoms with Gasteiger partial charge in [0.15, 0.2) is 0 Å². The van der Waals surface area contributed by atoms with Gasteiger partial charge in [-0.05, 0) is 78.2 Å². The van der Waals surface area contributed by atoms with E-state index in [0.29, 0.717) is 19.5 Å². The number of fused-ring (bicyclic) bond motifs is 2. The summed E-state index contributed by atoms with van der Waals surface area (Å²) in [5, 5.41) is 46.1. The van der Waals surface area contributed by atoms with E-state index in [1.807, 2.05) is 18.5 Å². The minimum Gasteiger partial charge on any atom is -0.392 e. The summed E-state index contributed by atoms with van der Waals surface area (Å²) in [5.41, 5.74) is 2.14. The van der Waals surface area contributed by atoms with E-state index in [-0.39, 0.29) is 23.3 Å². The molecule has 0 amide bonds. The molecule has 2 saturated heterocycles. The minimum absolute atomic E-state index is 0.0126. The van der Waals surface area contributed by atoms with Crippen molar-refractivity contribution in [2.75, 3.05) is 13.1 Å². The third-order valence-electron chi connectivity index (χ3n) is 11.6. The summed E-state index contributed by atoms with van der Waals surface area (Å²) in [7, 11) is 0. The number of nitrogens with zero attached hydrogens (tertiary/aromatic N) is 2. The Kier molecular flexibility index (Phi) is 5.19. The zero-order chi connectivity index (χ0) is 26.7. The normalized spacial score (nSPS) is 46.9. The van der Waals surface area contributed by atoms with E-state index >= 15 is 0 Å². The number of aliphatic hydroxyl groups excluding tert-OH is 4. The molecule has 1 aromatic heterocycles. The van der Waals surface area contributed by atoms with Crippen molar-refractivity contribution in [1.29, 1.82) is 0 Å². The van der Waals surface area contributed by atoms with Crippen LogP contribution in [0.25, 0.3) is 10.8 Å². The van der Waals surface area contributed by atoms with Gasteiger partial charge in [0.25, 0.3) is 0 Å². The smallest absolute Gasteiger partial charge is 0.118 e. The van der Waals surface area contributed by atoms with Crippen LogP contribution < -0.4 is 0 Å². The van der Waals surface area contributed by atoms with E-state index in [0.717, 1.165) is 48.4 Å². The van der Waals surface area contributed by atoms with Crippen molar-refractivity contribution in [2.45, 2.75) is 93.0 Å². The molecule has 2 bridgehead atoms. The molecule has 10 atom stereocenters. The Bertz CT molecular complexity index is 1400. The molecular formula is C32H38N2O5. The van der Waals surface area contributed by atoms with Crippen molar-refractivity contribution in [2.24, 2.45) is 11.3 Å². The van der Waals surface area contributed by atoms with Gasteiger partial charge in [0.1, 0.15) is 11.7 Å². The summed E-state index contributed by atoms with van der Waals surface area (Å²) < 4.78 is 7.26. The van der Waals surface area contributed by atoms with Gasteiger partial charge >= 0.3 is 0 Å². The van der Waals surface area contributed by atoms with E-state index in [9.17, 15) is 20.4 Å². The fraction of sp³-hybridized carbons (Fsp3) is 0.594. The number of allylic oxidation sites excluding steroid dienone is 1. The number of rotatable bonds is 2. The number of β-amino-alcohol motifs (C(OH)–C–C–N with tert-alkyl or cyclic N) is 2. The molecule has 2 saturated carbocycles. The van der Waals surface area contributed by atoms with Gasteiger partial charge in [-0.25, -0.2) is 0 Å². The van der Waals surface area contributed by atoms with Crippen LogP contribution in [0, 0.1) is 11.3 Å². The zero-order valence-electron chi connectivity index (χ0n) is 22.4. The molecule has 2 spiro atoms. The molecule has 2 unspecified atom stereocenters. The predicted molar refractivity (Wildman–Crippen MR) is 146 cm³/mol. The van der Waals surface area contributed by atoms with Crippen LogP contribution in [0.1, 0.15) is 56.9 Å². The molecule has 7 heteroatoms. The highest BCUT2D eigenvalue weighted by Crippen LogP contribution is 2.69. The third kappa shape index (κ3) is 3.17. The molecule has 3 aliphatic heterocycles. The van der Waals surface area contributed by atoms with Crippen LogP contribution in [-0.4, -0.2) is 85.1 Å². The van der Waals surface area contributed by atoms with Crippen molar-refractivity contribution in [1.82, 2.24) is 9.88 Å². The van der Waals surface area contributed by atoms with Crippen LogP contribution in [0.4, 0.5) is 0 Å². The van der Waals surface area contributed by atoms with Crippen LogP contribution in [0.3, 0.4) is 0 Å². The lowest BCUT2D eigenvalue weighted by atomic mass is 9.58. The van der Waals surface area contributed by atoms with E-state index in [4.69, 9.17) is 4.74 Å². The summed E-state index contributed by atoms with van der Waals surface area (Å²) in [6, 6.07) is 8.38. The Morgan fingerprint density at radius 2 is 1.77 bits per heavy atom. The summed E-state index contributed by atoms with van der Waals surface area (Å²) in [4.78, 5) is 6.37. The van der Waals surface area contributed by atoms with Crippen molar-refractivity contribution >= 4 is 10.8 Å². The second kappa shape index (κ2) is 8.21. The van der Waals surface area contributed by atoms with E-state index in [2.05, 4.69) is 47.2 Å². The number of hydrogen-bond acceptors (Lipinski definition) is 7. The molecular weight excluding hydrogens is 492 g/mol. The second-order valence-electron chi connectivity index (χ2n) is 13.4. The topological polar surface area (TPSA) is 106 Å². The summed E-state index contributed by atoms with van der Waals surface area (Å²) in [6.45, 7) is 3.09. The first-order chi connectivity index (χ1) is 18.7. The number of hydrogen-bond donors (Lipinski definition) is 4. The van der Waals surface area contributed by atoms with Crippen LogP contribution in [0.15, 0.2) is 60.0 Å². The highest BCUT2D eigenvalue weighted by Gasteiger charge is 2.70. The van der Waals surface area contributed by atoms with Gasteiger partial charge in [-0.15, -0.1) is 0 Å². The summed E-state index contributed by atoms with van der Waals surface area (Å²) in [5.74, 6) is 0.121. The first kappa shape index (κ1) is 24.6. The SMILES string of the molecule is C[C@]12CC=C3C=C4CC[C@@H](N5C[C@H](O)[C@@H](O)C5)[C@@H](O)[C@]45CCC3(O5)[C@@H]1C[C@@H](O)C2c1ccc2ccncc2c1. The monoisotopic (exact) mass is 530 g/mol. The number of benzene rings is 1. The minimum atomic E-state index is -0.773. The second-order valence-corrected chi connectivity index (χ2v) is 13.4. The van der Waals surface area contributed by atoms with E-state index < -0.39 is 35.6 Å². The molecule has 4 fully saturated rings. The van der Waals surface area contributed by atoms with Crippen LogP contribution in [0.2, 0.25) is 0 Å². The standard InChI is InChI=1S/C32H38N2O5/c1-30-8-6-22-13-21-4-5-23(34-16-25(36)26(37)17-34)29(38)32(21)10-9-31(22,39-32)27(30)14-24(35)28(30)19-3-2-18-7-11-33-15-20(18)12-19/h2-3,6-7,11-13,15,23-29,35-38H,4-5,8-10,14,16-17H2,1H3/t23-,24-,25+,26+,27-,28?,29-,30+,31?,32+/m1/s1. The Balaban J connectivity index is 1.16. The van der Waals surface area contributed by atoms with Gasteiger partial charge in [-0.2, -0.15) is 0 Å². The lowest BCUT2D eigenvalue weighted by Crippen LogP contribution is -2.62. The number of ether oxygens (including phenoxy) is 1. The van der Waals surface area contributed by atoms with Crippen molar-refractivity contribution < 1.29 is 25.2 Å². The van der Waals surface area contributed by atoms with Crippen LogP contribution in [0.5, 0.6) is 0 Å². The fourth-order valence-corrected chi connectivity index (χ4v) is 9.77. The Labute approximate surface area is 228 Å². The first-order valence-corrected chi connectivity index (χ1v) is 14.7. The molecule has 8 rings (SSSR count). The third-order valence-corrected chi connectivity index (χ3v) is 11.6. The van der Waals surface area contributed by atoms with Gasteiger partial charge < -0.3 is 25.2 Å². The molecule has 1 aromatic carbocycles. The number of aromatic nitrogens is 1. The van der Waals surface area contributed by atoms with Crippen molar-refractivity contribution in [3.8, 4) is 0 Å². The maximum atomic E-state index is 11.9. The zero-order valence-corrected chi connectivity index (χ0v) is 22.4. The molecule has 2 aromatic rings. The Morgan fingerprint density at radius 3 is 2.59 bits per heavy atom. The van der Waals surface area contributed by atoms with Gasteiger partial charge in [0.2, 0.25) is 0 Å². The maximum Gasteiger partial charge on any atom is 0.118 e. The number of likely N-dealkylation sites (tertiary alicyclic amines) is 1. The average molecular weight is 531 g/mol. The van der Waals surface area contributed by atoms with Gasteiger partial charge in [-0.1, -0.05) is 31.2 Å². The van der Waals surface area contributed by atoms with Crippen molar-refractivity contribution in [3.63, 3.8) is 0 Å². The maximum absolute atomic E-state index is 11.9. The predicted octanol–water partition coefficient (Wildman–Crippen LogP) is 2.82. The molecule has 4 N–H and O–H groups in total. The molecule has 0 radical (unpaired) electrons. The Hall–Kier alpha value is -2.13. The molecule has 4 heterocycles. The first-order valence-electron chi connectivity index (χ1n) is 14.7. The van der Waals surface area contributed by atoms with Crippen molar-refractivity contribution in [3.05, 3.63) is 65.5 Å². The highest BCUT2D eigenvalue weighted by molar-refractivity contribution is 5.82. The van der Waals surface area contributed by atoms with Gasteiger partial charge in [0, 0.05) is 48.7 Å². The Morgan fingerprint density at radius 1 is 0.974 bits per heavy atom. The lowest BCUT2D eigenvalue weighted by Gasteiger charge is -2.56.